The molecule has 0 bridgehead atoms. The summed E-state index contributed by atoms with van der Waals surface area (Å²) in [6, 6.07) is 20.1. The van der Waals surface area contributed by atoms with Gasteiger partial charge in [-0.2, -0.15) is 0 Å². The lowest BCUT2D eigenvalue weighted by Gasteiger charge is -2.23. The number of rotatable bonds is 6. The average Bonchev–Trinajstić information content (AvgIpc) is 3.15. The molecule has 34 heavy (non-hydrogen) atoms. The fraction of sp³-hybridized carbons (Fsp3) is 0.276. The molecule has 0 radical (unpaired) electrons. The first-order valence-electron chi connectivity index (χ1n) is 11.8. The lowest BCUT2D eigenvalue weighted by Crippen LogP contribution is -2.07. The number of carboxylic acids is 1. The van der Waals surface area contributed by atoms with Crippen LogP contribution in [-0.4, -0.2) is 15.6 Å². The number of fused-ring (bicyclic) bond motifs is 1. The number of halogens is 1. The first kappa shape index (κ1) is 22.2. The standard InChI is InChI=1S/C29H28FNO3/c1-31-26-16-21(29(32)33)12-14-24(26)27(20-10-6-3-7-11-20)28(31)23-15-13-22(17-25(23)30)34-18-19-8-4-2-5-9-19/h2,4-5,8-9,12-17,20H,3,6-7,10-11,18H2,1H3,(H,32,33). The maximum absolute atomic E-state index is 15.5. The van der Waals surface area contributed by atoms with E-state index in [2.05, 4.69) is 0 Å². The molecule has 0 amide bonds. The Morgan fingerprint density at radius 3 is 2.50 bits per heavy atom. The van der Waals surface area contributed by atoms with E-state index in [0.29, 0.717) is 23.8 Å². The third kappa shape index (κ3) is 4.18. The zero-order valence-electron chi connectivity index (χ0n) is 19.3. The molecule has 1 heterocycles. The normalized spacial score (nSPS) is 14.4. The molecule has 1 fully saturated rings. The molecule has 4 aromatic rings. The number of nitrogens with zero attached hydrogens (tertiary/aromatic N) is 1. The minimum atomic E-state index is -0.963. The van der Waals surface area contributed by atoms with Gasteiger partial charge in [0.1, 0.15) is 18.2 Å². The van der Waals surface area contributed by atoms with Gasteiger partial charge in [0.15, 0.2) is 0 Å². The number of hydrogen-bond donors (Lipinski definition) is 1. The number of aromatic nitrogens is 1. The van der Waals surface area contributed by atoms with Crippen molar-refractivity contribution < 1.29 is 19.0 Å². The van der Waals surface area contributed by atoms with Crippen molar-refractivity contribution in [1.82, 2.24) is 4.57 Å². The van der Waals surface area contributed by atoms with Gasteiger partial charge in [-0.15, -0.1) is 0 Å². The minimum Gasteiger partial charge on any atom is -0.489 e. The quantitative estimate of drug-likeness (QED) is 0.330. The number of carboxylic acid groups (broad SMARTS) is 1. The Morgan fingerprint density at radius 2 is 1.79 bits per heavy atom. The summed E-state index contributed by atoms with van der Waals surface area (Å²) in [7, 11) is 1.90. The maximum Gasteiger partial charge on any atom is 0.335 e. The summed E-state index contributed by atoms with van der Waals surface area (Å²) < 4.78 is 23.3. The Balaban J connectivity index is 1.57. The van der Waals surface area contributed by atoms with Crippen LogP contribution in [-0.2, 0) is 13.7 Å². The Labute approximate surface area is 198 Å². The van der Waals surface area contributed by atoms with Crippen molar-refractivity contribution in [3.63, 3.8) is 0 Å². The molecule has 1 saturated carbocycles. The summed E-state index contributed by atoms with van der Waals surface area (Å²) in [6.45, 7) is 0.374. The highest BCUT2D eigenvalue weighted by Crippen LogP contribution is 2.44. The smallest absolute Gasteiger partial charge is 0.335 e. The summed E-state index contributed by atoms with van der Waals surface area (Å²) in [5.41, 5.74) is 4.56. The largest absolute Gasteiger partial charge is 0.489 e. The van der Waals surface area contributed by atoms with E-state index in [1.807, 2.05) is 54.1 Å². The molecular weight excluding hydrogens is 429 g/mol. The van der Waals surface area contributed by atoms with Crippen molar-refractivity contribution >= 4 is 16.9 Å². The van der Waals surface area contributed by atoms with Crippen LogP contribution in [0.2, 0.25) is 0 Å². The third-order valence-corrected chi connectivity index (χ3v) is 6.94. The van der Waals surface area contributed by atoms with Crippen LogP contribution < -0.4 is 4.74 Å². The van der Waals surface area contributed by atoms with Crippen LogP contribution in [0, 0.1) is 5.82 Å². The summed E-state index contributed by atoms with van der Waals surface area (Å²) in [4.78, 5) is 11.6. The zero-order valence-corrected chi connectivity index (χ0v) is 19.3. The molecular formula is C29H28FNO3. The molecule has 0 aliphatic heterocycles. The van der Waals surface area contributed by atoms with Gasteiger partial charge in [0.05, 0.1) is 11.3 Å². The van der Waals surface area contributed by atoms with Crippen molar-refractivity contribution in [3.05, 3.63) is 89.2 Å². The zero-order chi connectivity index (χ0) is 23.7. The first-order chi connectivity index (χ1) is 16.5. The fourth-order valence-electron chi connectivity index (χ4n) is 5.25. The van der Waals surface area contributed by atoms with Gasteiger partial charge in [0.25, 0.3) is 0 Å². The molecule has 0 atom stereocenters. The average molecular weight is 458 g/mol. The number of aromatic carboxylic acids is 1. The van der Waals surface area contributed by atoms with E-state index in [0.717, 1.165) is 53.4 Å². The monoisotopic (exact) mass is 457 g/mol. The molecule has 174 valence electrons. The van der Waals surface area contributed by atoms with Crippen molar-refractivity contribution in [3.8, 4) is 17.0 Å². The molecule has 1 aromatic heterocycles. The predicted octanol–water partition coefficient (Wildman–Crippen LogP) is 7.31. The van der Waals surface area contributed by atoms with Gasteiger partial charge in [-0.05, 0) is 54.2 Å². The summed E-state index contributed by atoms with van der Waals surface area (Å²) in [5.74, 6) is -0.491. The Bertz CT molecular complexity index is 1340. The van der Waals surface area contributed by atoms with Gasteiger partial charge in [-0.1, -0.05) is 55.7 Å². The predicted molar refractivity (Wildman–Crippen MR) is 132 cm³/mol. The Morgan fingerprint density at radius 1 is 1.03 bits per heavy atom. The van der Waals surface area contributed by atoms with Crippen molar-refractivity contribution in [2.45, 2.75) is 44.6 Å². The van der Waals surface area contributed by atoms with E-state index < -0.39 is 5.97 Å². The number of ether oxygens (including phenoxy) is 1. The van der Waals surface area contributed by atoms with Crippen LogP contribution >= 0.6 is 0 Å². The van der Waals surface area contributed by atoms with Gasteiger partial charge in [-0.3, -0.25) is 0 Å². The summed E-state index contributed by atoms with van der Waals surface area (Å²) >= 11 is 0. The van der Waals surface area contributed by atoms with Crippen LogP contribution in [0.25, 0.3) is 22.2 Å². The SMILES string of the molecule is Cn1c(-c2ccc(OCc3ccccc3)cc2F)c(C2CCCCC2)c2ccc(C(=O)O)cc21. The molecule has 5 heteroatoms. The number of aryl methyl sites for hydroxylation is 1. The lowest BCUT2D eigenvalue weighted by atomic mass is 9.81. The van der Waals surface area contributed by atoms with Gasteiger partial charge in [0, 0.05) is 29.6 Å². The van der Waals surface area contributed by atoms with E-state index >= 15 is 4.39 Å². The van der Waals surface area contributed by atoms with Gasteiger partial charge >= 0.3 is 5.97 Å². The van der Waals surface area contributed by atoms with Gasteiger partial charge in [0.2, 0.25) is 0 Å². The summed E-state index contributed by atoms with van der Waals surface area (Å²) in [5, 5.41) is 10.5. The second-order valence-electron chi connectivity index (χ2n) is 9.11. The lowest BCUT2D eigenvalue weighted by molar-refractivity contribution is 0.0697. The molecule has 0 saturated heterocycles. The van der Waals surface area contributed by atoms with E-state index in [-0.39, 0.29) is 11.4 Å². The molecule has 4 nitrogen and oxygen atoms in total. The van der Waals surface area contributed by atoms with E-state index in [4.69, 9.17) is 4.74 Å². The van der Waals surface area contributed by atoms with Crippen LogP contribution in [0.4, 0.5) is 4.39 Å². The summed E-state index contributed by atoms with van der Waals surface area (Å²) in [6.07, 6.45) is 5.66. The highest BCUT2D eigenvalue weighted by Gasteiger charge is 2.27. The van der Waals surface area contributed by atoms with E-state index in [1.54, 1.807) is 18.2 Å². The second-order valence-corrected chi connectivity index (χ2v) is 9.11. The number of carbonyl (C=O) groups is 1. The second kappa shape index (κ2) is 9.34. The van der Waals surface area contributed by atoms with Gasteiger partial charge < -0.3 is 14.4 Å². The van der Waals surface area contributed by atoms with Crippen molar-refractivity contribution in [2.24, 2.45) is 7.05 Å². The highest BCUT2D eigenvalue weighted by molar-refractivity contribution is 5.98. The fourth-order valence-corrected chi connectivity index (χ4v) is 5.25. The van der Waals surface area contributed by atoms with E-state index in [1.165, 1.54) is 12.5 Å². The van der Waals surface area contributed by atoms with Crippen LogP contribution in [0.3, 0.4) is 0 Å². The maximum atomic E-state index is 15.5. The number of benzene rings is 3. The van der Waals surface area contributed by atoms with Crippen LogP contribution in [0.1, 0.15) is 59.5 Å². The highest BCUT2D eigenvalue weighted by atomic mass is 19.1. The van der Waals surface area contributed by atoms with Crippen molar-refractivity contribution in [1.29, 1.82) is 0 Å². The minimum absolute atomic E-state index is 0.236. The molecule has 1 N–H and O–H groups in total. The Kier molecular flexibility index (Phi) is 6.10. The number of hydrogen-bond acceptors (Lipinski definition) is 2. The third-order valence-electron chi connectivity index (χ3n) is 6.94. The molecule has 3 aromatic carbocycles. The first-order valence-corrected chi connectivity index (χ1v) is 11.8. The molecule has 0 spiro atoms. The molecule has 1 aliphatic carbocycles. The van der Waals surface area contributed by atoms with E-state index in [9.17, 15) is 9.90 Å². The van der Waals surface area contributed by atoms with Crippen molar-refractivity contribution in [2.75, 3.05) is 0 Å². The van der Waals surface area contributed by atoms with Gasteiger partial charge in [-0.25, -0.2) is 9.18 Å². The van der Waals surface area contributed by atoms with Crippen LogP contribution in [0.5, 0.6) is 5.75 Å². The van der Waals surface area contributed by atoms with Crippen LogP contribution in [0.15, 0.2) is 66.7 Å². The molecule has 1 aliphatic rings. The Hall–Kier alpha value is -3.60. The molecule has 5 rings (SSSR count). The molecule has 0 unspecified atom stereocenters. The topological polar surface area (TPSA) is 51.5 Å².